The van der Waals surface area contributed by atoms with Crippen molar-refractivity contribution in [3.8, 4) is 0 Å². The van der Waals surface area contributed by atoms with Crippen LogP contribution in [0.1, 0.15) is 49.9 Å². The van der Waals surface area contributed by atoms with Crippen molar-refractivity contribution in [2.75, 3.05) is 39.3 Å². The lowest BCUT2D eigenvalue weighted by Crippen LogP contribution is -2.37. The van der Waals surface area contributed by atoms with Crippen LogP contribution >= 0.6 is 0 Å². The lowest BCUT2D eigenvalue weighted by molar-refractivity contribution is 0.0947. The zero-order valence-corrected chi connectivity index (χ0v) is 21.1. The van der Waals surface area contributed by atoms with Gasteiger partial charge in [0, 0.05) is 44.3 Å². The van der Waals surface area contributed by atoms with Gasteiger partial charge >= 0.3 is 0 Å². The second-order valence-electron chi connectivity index (χ2n) is 8.59. The van der Waals surface area contributed by atoms with Gasteiger partial charge < -0.3 is 14.8 Å². The Morgan fingerprint density at radius 2 is 1.82 bits per heavy atom. The number of hydrogen-bond donors (Lipinski definition) is 1. The first kappa shape index (κ1) is 26.1. The summed E-state index contributed by atoms with van der Waals surface area (Å²) in [6.45, 7) is 11.6. The van der Waals surface area contributed by atoms with Crippen molar-refractivity contribution in [3.63, 3.8) is 0 Å². The van der Waals surface area contributed by atoms with Crippen LogP contribution in [-0.2, 0) is 16.6 Å². The molecule has 0 radical (unpaired) electrons. The third-order valence-corrected chi connectivity index (χ3v) is 8.42. The third-order valence-electron chi connectivity index (χ3n) is 6.38. The standard InChI is InChI=1S/C25H36N4O4S/c1-4-14-28-19-22(25(31)26-13-17-27-15-9-7-8-10-16-27)24(30)21-18-20(11-12-23(21)28)34(32,33)29(5-2)6-3/h4,11-12,18-19H,1,5-10,13-17H2,2-3H3,(H,26,31). The molecule has 3 rings (SSSR count). The molecule has 1 N–H and O–H groups in total. The normalized spacial score (nSPS) is 15.4. The molecule has 1 aromatic heterocycles. The predicted molar refractivity (Wildman–Crippen MR) is 136 cm³/mol. The number of nitrogens with one attached hydrogen (secondary N) is 1. The fourth-order valence-electron chi connectivity index (χ4n) is 4.48. The van der Waals surface area contributed by atoms with E-state index in [1.165, 1.54) is 48.3 Å². The molecule has 2 heterocycles. The average molecular weight is 489 g/mol. The van der Waals surface area contributed by atoms with Crippen LogP contribution < -0.4 is 10.7 Å². The van der Waals surface area contributed by atoms with Gasteiger partial charge in [-0.15, -0.1) is 6.58 Å². The molecule has 2 aromatic rings. The largest absolute Gasteiger partial charge is 0.351 e. The van der Waals surface area contributed by atoms with Crippen LogP contribution in [0.4, 0.5) is 0 Å². The first-order valence-corrected chi connectivity index (χ1v) is 13.6. The van der Waals surface area contributed by atoms with E-state index in [0.29, 0.717) is 31.7 Å². The van der Waals surface area contributed by atoms with Crippen molar-refractivity contribution in [2.45, 2.75) is 51.0 Å². The molecule has 0 aliphatic carbocycles. The highest BCUT2D eigenvalue weighted by Crippen LogP contribution is 2.21. The van der Waals surface area contributed by atoms with E-state index in [0.717, 1.165) is 19.6 Å². The van der Waals surface area contributed by atoms with Gasteiger partial charge in [0.2, 0.25) is 15.5 Å². The molecule has 1 aliphatic rings. The van der Waals surface area contributed by atoms with E-state index in [1.807, 2.05) is 0 Å². The number of fused-ring (bicyclic) bond motifs is 1. The topological polar surface area (TPSA) is 91.7 Å². The number of pyridine rings is 1. The first-order valence-electron chi connectivity index (χ1n) is 12.1. The molecule has 0 spiro atoms. The third kappa shape index (κ3) is 5.76. The molecule has 0 atom stereocenters. The summed E-state index contributed by atoms with van der Waals surface area (Å²) in [5.41, 5.74) is 0.0892. The highest BCUT2D eigenvalue weighted by Gasteiger charge is 2.23. The molecular weight excluding hydrogens is 452 g/mol. The van der Waals surface area contributed by atoms with Crippen LogP contribution in [0.5, 0.6) is 0 Å². The highest BCUT2D eigenvalue weighted by molar-refractivity contribution is 7.89. The SMILES string of the molecule is C=CCn1cc(C(=O)NCCN2CCCCCC2)c(=O)c2cc(S(=O)(=O)N(CC)CC)ccc21. The lowest BCUT2D eigenvalue weighted by atomic mass is 10.1. The summed E-state index contributed by atoms with van der Waals surface area (Å²) in [5, 5.41) is 3.08. The Labute approximate surface area is 202 Å². The van der Waals surface area contributed by atoms with Crippen molar-refractivity contribution in [1.29, 1.82) is 0 Å². The number of aromatic nitrogens is 1. The average Bonchev–Trinajstić information content (AvgIpc) is 3.10. The number of likely N-dealkylation sites (tertiary alicyclic amines) is 1. The van der Waals surface area contributed by atoms with E-state index in [2.05, 4.69) is 16.8 Å². The molecule has 1 saturated heterocycles. The monoisotopic (exact) mass is 488 g/mol. The van der Waals surface area contributed by atoms with Crippen molar-refractivity contribution in [1.82, 2.24) is 19.1 Å². The van der Waals surface area contributed by atoms with Crippen molar-refractivity contribution in [2.24, 2.45) is 0 Å². The summed E-state index contributed by atoms with van der Waals surface area (Å²) in [5.74, 6) is -0.448. The van der Waals surface area contributed by atoms with Gasteiger partial charge in [-0.05, 0) is 44.1 Å². The molecule has 186 valence electrons. The molecule has 1 fully saturated rings. The van der Waals surface area contributed by atoms with Gasteiger partial charge in [-0.25, -0.2) is 8.42 Å². The van der Waals surface area contributed by atoms with Crippen LogP contribution in [0, 0.1) is 0 Å². The quantitative estimate of drug-likeness (QED) is 0.519. The minimum atomic E-state index is -3.74. The van der Waals surface area contributed by atoms with Crippen LogP contribution in [-0.4, -0.2) is 67.4 Å². The van der Waals surface area contributed by atoms with Gasteiger partial charge in [0.25, 0.3) is 5.91 Å². The number of sulfonamides is 1. The molecule has 34 heavy (non-hydrogen) atoms. The summed E-state index contributed by atoms with van der Waals surface area (Å²) in [6.07, 6.45) is 8.04. The highest BCUT2D eigenvalue weighted by atomic mass is 32.2. The minimum absolute atomic E-state index is 0.00241. The number of carbonyl (C=O) groups is 1. The molecule has 8 nitrogen and oxygen atoms in total. The van der Waals surface area contributed by atoms with Crippen molar-refractivity contribution in [3.05, 3.63) is 52.8 Å². The van der Waals surface area contributed by atoms with E-state index in [4.69, 9.17) is 0 Å². The first-order chi connectivity index (χ1) is 16.3. The Kier molecular flexibility index (Phi) is 9.04. The maximum atomic E-state index is 13.3. The van der Waals surface area contributed by atoms with Crippen LogP contribution in [0.15, 0.2) is 46.7 Å². The molecule has 1 aromatic carbocycles. The maximum absolute atomic E-state index is 13.3. The van der Waals surface area contributed by atoms with Gasteiger partial charge in [0.05, 0.1) is 10.4 Å². The number of amides is 1. The molecule has 1 amide bonds. The van der Waals surface area contributed by atoms with E-state index >= 15 is 0 Å². The van der Waals surface area contributed by atoms with Gasteiger partial charge in [0.15, 0.2) is 0 Å². The molecular formula is C25H36N4O4S. The Balaban J connectivity index is 1.93. The van der Waals surface area contributed by atoms with Crippen LogP contribution in [0.3, 0.4) is 0 Å². The zero-order chi connectivity index (χ0) is 24.7. The Morgan fingerprint density at radius 1 is 1.15 bits per heavy atom. The van der Waals surface area contributed by atoms with Crippen LogP contribution in [0.25, 0.3) is 10.9 Å². The number of rotatable bonds is 10. The number of allylic oxidation sites excluding steroid dienone is 1. The smallest absolute Gasteiger partial charge is 0.256 e. The number of nitrogens with zero attached hydrogens (tertiary/aromatic N) is 3. The Bertz CT molecular complexity index is 1180. The van der Waals surface area contributed by atoms with E-state index in [9.17, 15) is 18.0 Å². The van der Waals surface area contributed by atoms with Crippen LogP contribution in [0.2, 0.25) is 0 Å². The van der Waals surface area contributed by atoms with Gasteiger partial charge in [0.1, 0.15) is 5.56 Å². The van der Waals surface area contributed by atoms with Crippen molar-refractivity contribution >= 4 is 26.8 Å². The second-order valence-corrected chi connectivity index (χ2v) is 10.5. The fraction of sp³-hybridized carbons (Fsp3) is 0.520. The summed E-state index contributed by atoms with van der Waals surface area (Å²) in [4.78, 5) is 28.7. The molecule has 0 saturated carbocycles. The summed E-state index contributed by atoms with van der Waals surface area (Å²) in [6, 6.07) is 4.52. The Hall–Kier alpha value is -2.49. The molecule has 9 heteroatoms. The number of hydrogen-bond acceptors (Lipinski definition) is 5. The summed E-state index contributed by atoms with van der Waals surface area (Å²) < 4.78 is 29.1. The zero-order valence-electron chi connectivity index (χ0n) is 20.3. The van der Waals surface area contributed by atoms with Crippen molar-refractivity contribution < 1.29 is 13.2 Å². The van der Waals surface area contributed by atoms with E-state index in [-0.39, 0.29) is 15.8 Å². The molecule has 1 aliphatic heterocycles. The number of carbonyl (C=O) groups excluding carboxylic acids is 1. The second kappa shape index (κ2) is 11.8. The van der Waals surface area contributed by atoms with Gasteiger partial charge in [-0.3, -0.25) is 9.59 Å². The number of benzene rings is 1. The Morgan fingerprint density at radius 3 is 2.44 bits per heavy atom. The summed E-state index contributed by atoms with van der Waals surface area (Å²) in [7, 11) is -3.74. The molecule has 0 unspecified atom stereocenters. The summed E-state index contributed by atoms with van der Waals surface area (Å²) >= 11 is 0. The maximum Gasteiger partial charge on any atom is 0.256 e. The minimum Gasteiger partial charge on any atom is -0.351 e. The van der Waals surface area contributed by atoms with Gasteiger partial charge in [-0.1, -0.05) is 32.8 Å². The predicted octanol–water partition coefficient (Wildman–Crippen LogP) is 2.82. The van der Waals surface area contributed by atoms with E-state index in [1.54, 1.807) is 30.6 Å². The molecule has 0 bridgehead atoms. The van der Waals surface area contributed by atoms with Gasteiger partial charge in [-0.2, -0.15) is 4.31 Å². The van der Waals surface area contributed by atoms with E-state index < -0.39 is 21.4 Å². The lowest BCUT2D eigenvalue weighted by Gasteiger charge is -2.20. The fourth-order valence-corrected chi connectivity index (χ4v) is 5.97.